The third-order valence-corrected chi connectivity index (χ3v) is 9.51. The predicted molar refractivity (Wildman–Crippen MR) is 178 cm³/mol. The average Bonchev–Trinajstić information content (AvgIpc) is 2.97. The van der Waals surface area contributed by atoms with Crippen molar-refractivity contribution in [2.75, 3.05) is 16.7 Å². The molecule has 0 aliphatic carbocycles. The summed E-state index contributed by atoms with van der Waals surface area (Å²) in [7, 11) is -2.75. The highest BCUT2D eigenvalue weighted by molar-refractivity contribution is 7.93. The van der Waals surface area contributed by atoms with Crippen molar-refractivity contribution in [2.24, 2.45) is 0 Å². The fourth-order valence-electron chi connectivity index (χ4n) is 4.96. The minimum Gasteiger partial charge on any atom is -0.505 e. The summed E-state index contributed by atoms with van der Waals surface area (Å²) in [5, 5.41) is 15.3. The van der Waals surface area contributed by atoms with Crippen molar-refractivity contribution in [3.63, 3.8) is 0 Å². The second kappa shape index (κ2) is 11.6. The molecule has 5 aromatic carbocycles. The highest BCUT2D eigenvalue weighted by Crippen LogP contribution is 2.48. The van der Waals surface area contributed by atoms with Gasteiger partial charge < -0.3 is 15.2 Å². The van der Waals surface area contributed by atoms with Gasteiger partial charge in [0.05, 0.1) is 33.4 Å². The lowest BCUT2D eigenvalue weighted by Crippen LogP contribution is -2.29. The Morgan fingerprint density at radius 1 is 0.837 bits per heavy atom. The molecule has 0 atom stereocenters. The topological polar surface area (TPSA) is 78.9 Å². The molecule has 0 radical (unpaired) electrons. The van der Waals surface area contributed by atoms with E-state index in [0.717, 1.165) is 27.9 Å². The smallest absolute Gasteiger partial charge is 0.268 e. The van der Waals surface area contributed by atoms with Crippen LogP contribution in [-0.2, 0) is 15.4 Å². The van der Waals surface area contributed by atoms with Crippen LogP contribution < -0.4 is 14.4 Å². The molecule has 0 aliphatic heterocycles. The van der Waals surface area contributed by atoms with E-state index in [0.29, 0.717) is 16.8 Å². The zero-order valence-corrected chi connectivity index (χ0v) is 26.8. The van der Waals surface area contributed by atoms with Gasteiger partial charge in [0.25, 0.3) is 10.0 Å². The lowest BCUT2D eigenvalue weighted by molar-refractivity contribution is 0.414. The molecule has 0 aliphatic rings. The van der Waals surface area contributed by atoms with Crippen LogP contribution in [0.5, 0.6) is 11.5 Å². The quantitative estimate of drug-likeness (QED) is 0.186. The van der Waals surface area contributed by atoms with Crippen molar-refractivity contribution in [3.05, 3.63) is 112 Å². The van der Waals surface area contributed by atoms with Crippen LogP contribution in [0.15, 0.2) is 95.9 Å². The van der Waals surface area contributed by atoms with E-state index < -0.39 is 15.4 Å². The van der Waals surface area contributed by atoms with Crippen LogP contribution in [0.2, 0.25) is 10.0 Å². The minimum atomic E-state index is -4.27. The molecule has 43 heavy (non-hydrogen) atoms. The summed E-state index contributed by atoms with van der Waals surface area (Å²) in [6.07, 6.45) is 0. The number of sulfonamides is 1. The number of nitrogens with zero attached hydrogens (tertiary/aromatic N) is 1. The summed E-state index contributed by atoms with van der Waals surface area (Å²) < 4.78 is 35.9. The number of anilines is 4. The third-order valence-electron chi connectivity index (χ3n) is 7.19. The molecule has 5 rings (SSSR count). The fourth-order valence-corrected chi connectivity index (χ4v) is 6.94. The number of methoxy groups -OCH3 is 1. The molecule has 0 bridgehead atoms. The van der Waals surface area contributed by atoms with Gasteiger partial charge in [0.15, 0.2) is 5.75 Å². The summed E-state index contributed by atoms with van der Waals surface area (Å²) >= 11 is 12.8. The summed E-state index contributed by atoms with van der Waals surface area (Å²) in [4.78, 5) is 0.0411. The van der Waals surface area contributed by atoms with Gasteiger partial charge in [-0.2, -0.15) is 0 Å². The van der Waals surface area contributed by atoms with Crippen LogP contribution in [0.1, 0.15) is 31.9 Å². The highest BCUT2D eigenvalue weighted by atomic mass is 35.5. The monoisotopic (exact) mass is 634 g/mol. The molecule has 0 fully saturated rings. The first-order valence-corrected chi connectivity index (χ1v) is 15.8. The first-order chi connectivity index (χ1) is 20.3. The molecule has 0 aromatic heterocycles. The average molecular weight is 636 g/mol. The molecular formula is C34H32Cl2N2O4S. The van der Waals surface area contributed by atoms with E-state index in [1.807, 2.05) is 82.3 Å². The number of hydrogen-bond acceptors (Lipinski definition) is 5. The van der Waals surface area contributed by atoms with Crippen molar-refractivity contribution in [1.82, 2.24) is 0 Å². The minimum absolute atomic E-state index is 0.0411. The number of aromatic hydroxyl groups is 1. The van der Waals surface area contributed by atoms with Crippen LogP contribution in [0.25, 0.3) is 10.8 Å². The van der Waals surface area contributed by atoms with E-state index in [4.69, 9.17) is 27.9 Å². The number of phenols is 1. The Hall–Kier alpha value is -3.91. The number of rotatable bonds is 7. The fraction of sp³-hybridized carbons (Fsp3) is 0.176. The zero-order chi connectivity index (χ0) is 31.1. The summed E-state index contributed by atoms with van der Waals surface area (Å²) in [5.41, 5.74) is 3.76. The summed E-state index contributed by atoms with van der Waals surface area (Å²) in [6, 6.07) is 26.7. The molecule has 0 saturated heterocycles. The maximum atomic E-state index is 14.7. The van der Waals surface area contributed by atoms with E-state index >= 15 is 0 Å². The Balaban J connectivity index is 1.87. The van der Waals surface area contributed by atoms with E-state index in [-0.39, 0.29) is 26.4 Å². The number of halogens is 2. The van der Waals surface area contributed by atoms with Crippen molar-refractivity contribution >= 4 is 66.7 Å². The molecular weight excluding hydrogens is 603 g/mol. The number of hydrogen-bond donors (Lipinski definition) is 2. The number of phenolic OH excluding ortho intramolecular Hbond substituents is 1. The van der Waals surface area contributed by atoms with Gasteiger partial charge in [-0.1, -0.05) is 85.9 Å². The standard InChI is InChI=1S/C34H32Cl2N2O4S/c1-21-10-12-22(13-11-21)37-31-20-28(34(2,3)4)32(27-9-7-6-8-26(27)31)38(23-18-29(35)33(39)30(36)19-23)43(40,41)25-16-14-24(42-5)15-17-25/h6-20,37,39H,1-5H3. The molecule has 2 N–H and O–H groups in total. The molecule has 0 amide bonds. The van der Waals surface area contributed by atoms with Crippen LogP contribution in [0, 0.1) is 6.92 Å². The first kappa shape index (κ1) is 30.5. The summed E-state index contributed by atoms with van der Waals surface area (Å²) in [5.74, 6) is 0.195. The maximum absolute atomic E-state index is 14.7. The second-order valence-corrected chi connectivity index (χ2v) is 13.9. The number of fused-ring (bicyclic) bond motifs is 1. The van der Waals surface area contributed by atoms with Gasteiger partial charge in [0.1, 0.15) is 5.75 Å². The van der Waals surface area contributed by atoms with Crippen LogP contribution >= 0.6 is 23.2 Å². The molecule has 0 unspecified atom stereocenters. The van der Waals surface area contributed by atoms with Crippen LogP contribution in [-0.4, -0.2) is 20.6 Å². The number of ether oxygens (including phenoxy) is 1. The third kappa shape index (κ3) is 5.98. The van der Waals surface area contributed by atoms with Gasteiger partial charge in [-0.25, -0.2) is 12.7 Å². The van der Waals surface area contributed by atoms with Gasteiger partial charge in [0, 0.05) is 22.1 Å². The maximum Gasteiger partial charge on any atom is 0.268 e. The van der Waals surface area contributed by atoms with Crippen molar-refractivity contribution in [2.45, 2.75) is 38.0 Å². The van der Waals surface area contributed by atoms with Crippen LogP contribution in [0.4, 0.5) is 22.7 Å². The molecule has 6 nitrogen and oxygen atoms in total. The van der Waals surface area contributed by atoms with Crippen molar-refractivity contribution < 1.29 is 18.3 Å². The Kier molecular flexibility index (Phi) is 8.27. The lowest BCUT2D eigenvalue weighted by Gasteiger charge is -2.33. The molecule has 9 heteroatoms. The Morgan fingerprint density at radius 2 is 1.42 bits per heavy atom. The largest absolute Gasteiger partial charge is 0.505 e. The molecule has 0 saturated carbocycles. The number of benzene rings is 5. The van der Waals surface area contributed by atoms with Gasteiger partial charge in [-0.3, -0.25) is 0 Å². The SMILES string of the molecule is COc1ccc(S(=O)(=O)N(c2cc(Cl)c(O)c(Cl)c2)c2c(C(C)(C)C)cc(Nc3ccc(C)cc3)c3ccccc23)cc1. The first-order valence-electron chi connectivity index (χ1n) is 13.6. The molecule has 222 valence electrons. The van der Waals surface area contributed by atoms with Gasteiger partial charge in [-0.15, -0.1) is 0 Å². The second-order valence-electron chi connectivity index (χ2n) is 11.3. The molecule has 5 aromatic rings. The number of nitrogens with one attached hydrogen (secondary N) is 1. The zero-order valence-electron chi connectivity index (χ0n) is 24.4. The molecule has 0 heterocycles. The Bertz CT molecular complexity index is 1900. The van der Waals surface area contributed by atoms with E-state index in [9.17, 15) is 13.5 Å². The van der Waals surface area contributed by atoms with Crippen LogP contribution in [0.3, 0.4) is 0 Å². The van der Waals surface area contributed by atoms with Crippen molar-refractivity contribution in [3.8, 4) is 11.5 Å². The van der Waals surface area contributed by atoms with E-state index in [1.54, 1.807) is 12.1 Å². The summed E-state index contributed by atoms with van der Waals surface area (Å²) in [6.45, 7) is 8.13. The Morgan fingerprint density at radius 3 is 1.98 bits per heavy atom. The lowest BCUT2D eigenvalue weighted by atomic mass is 9.83. The van der Waals surface area contributed by atoms with Gasteiger partial charge in [0.2, 0.25) is 0 Å². The highest BCUT2D eigenvalue weighted by Gasteiger charge is 2.34. The van der Waals surface area contributed by atoms with E-state index in [1.165, 1.54) is 35.7 Å². The predicted octanol–water partition coefficient (Wildman–Crippen LogP) is 9.74. The molecule has 0 spiro atoms. The van der Waals surface area contributed by atoms with Gasteiger partial charge in [-0.05, 0) is 72.5 Å². The Labute approximate surface area is 262 Å². The van der Waals surface area contributed by atoms with Crippen molar-refractivity contribution in [1.29, 1.82) is 0 Å². The van der Waals surface area contributed by atoms with Gasteiger partial charge >= 0.3 is 0 Å². The normalized spacial score (nSPS) is 11.9. The van der Waals surface area contributed by atoms with E-state index in [2.05, 4.69) is 5.32 Å². The number of aryl methyl sites for hydroxylation is 1.